The summed E-state index contributed by atoms with van der Waals surface area (Å²) in [6.07, 6.45) is 34.7. The number of hydrogen-bond donors (Lipinski definition) is 0. The molecule has 2 aliphatic rings. The van der Waals surface area contributed by atoms with Crippen LogP contribution in [0.4, 0.5) is 5.69 Å². The van der Waals surface area contributed by atoms with Gasteiger partial charge in [0.15, 0.2) is 0 Å². The number of carbonyl (C=O) groups is 2. The molecule has 8 heteroatoms. The summed E-state index contributed by atoms with van der Waals surface area (Å²) in [5.74, 6) is 0.763. The SMILES string of the molecule is CCCCCCCCC(CCCCCCCC)CN1C(=O)C2=C(c3ccc(-c4ccc(/N=N/C)cc4)s3)N(CC(CCCCCCCC)CCCCCCCC)C(=O)C2=C1c1ccc(-c2ccc(C)cc2)s1. The van der Waals surface area contributed by atoms with Crippen molar-refractivity contribution in [1.82, 2.24) is 9.80 Å². The van der Waals surface area contributed by atoms with E-state index in [4.69, 9.17) is 0 Å². The van der Waals surface area contributed by atoms with E-state index in [0.717, 1.165) is 67.8 Å². The van der Waals surface area contributed by atoms with Gasteiger partial charge in [0.25, 0.3) is 11.8 Å². The molecule has 0 bridgehead atoms. The van der Waals surface area contributed by atoms with E-state index in [1.54, 1.807) is 29.7 Å². The molecule has 2 aromatic heterocycles. The monoisotopic (exact) mass is 1010 g/mol. The first-order chi connectivity index (χ1) is 35.3. The fraction of sp³-hybridized carbons (Fsp3) is 0.594. The molecule has 2 amide bonds. The molecule has 0 fully saturated rings. The van der Waals surface area contributed by atoms with E-state index >= 15 is 9.59 Å². The average Bonchev–Trinajstić information content (AvgIpc) is 4.19. The summed E-state index contributed by atoms with van der Waals surface area (Å²) >= 11 is 3.43. The topological polar surface area (TPSA) is 65.3 Å². The van der Waals surface area contributed by atoms with Crippen LogP contribution >= 0.6 is 22.7 Å². The van der Waals surface area contributed by atoms with Crippen LogP contribution in [0.25, 0.3) is 32.3 Å². The van der Waals surface area contributed by atoms with E-state index in [9.17, 15) is 0 Å². The summed E-state index contributed by atoms with van der Waals surface area (Å²) in [6.45, 7) is 12.6. The highest BCUT2D eigenvalue weighted by atomic mass is 32.1. The summed E-state index contributed by atoms with van der Waals surface area (Å²) in [7, 11) is 1.70. The van der Waals surface area contributed by atoms with Gasteiger partial charge in [0.1, 0.15) is 0 Å². The molecule has 6 nitrogen and oxygen atoms in total. The summed E-state index contributed by atoms with van der Waals surface area (Å²) in [6, 6.07) is 25.7. The second kappa shape index (κ2) is 31.6. The lowest BCUT2D eigenvalue weighted by Gasteiger charge is -2.29. The van der Waals surface area contributed by atoms with E-state index in [2.05, 4.69) is 115 Å². The maximum atomic E-state index is 15.9. The summed E-state index contributed by atoms with van der Waals surface area (Å²) in [5.41, 5.74) is 7.26. The maximum absolute atomic E-state index is 15.9. The molecule has 0 atom stereocenters. The Labute approximate surface area is 445 Å². The first-order valence-electron chi connectivity index (χ1n) is 29.1. The van der Waals surface area contributed by atoms with Gasteiger partial charge in [-0.1, -0.05) is 224 Å². The first kappa shape index (κ1) is 57.1. The molecular formula is C64H92N4O2S2. The van der Waals surface area contributed by atoms with Crippen LogP contribution in [0.5, 0.6) is 0 Å². The Hall–Kier alpha value is -4.14. The van der Waals surface area contributed by atoms with Gasteiger partial charge in [0, 0.05) is 29.9 Å². The van der Waals surface area contributed by atoms with Crippen molar-refractivity contribution < 1.29 is 9.59 Å². The van der Waals surface area contributed by atoms with Crippen LogP contribution in [0.2, 0.25) is 0 Å². The summed E-state index contributed by atoms with van der Waals surface area (Å²) < 4.78 is 0. The van der Waals surface area contributed by atoms with Crippen molar-refractivity contribution in [3.8, 4) is 20.9 Å². The highest BCUT2D eigenvalue weighted by Crippen LogP contribution is 2.51. The number of rotatable bonds is 37. The average molecular weight is 1010 g/mol. The number of unbranched alkanes of at least 4 members (excludes halogenated alkanes) is 20. The predicted octanol–water partition coefficient (Wildman–Crippen LogP) is 20.2. The van der Waals surface area contributed by atoms with Crippen LogP contribution in [-0.4, -0.2) is 41.8 Å². The van der Waals surface area contributed by atoms with Gasteiger partial charge in [-0.25, -0.2) is 0 Å². The van der Waals surface area contributed by atoms with Crippen molar-refractivity contribution in [2.45, 2.75) is 214 Å². The standard InChI is InChI=1S/C64H92N4O2S2/c1-7-11-15-19-23-27-31-50(32-28-24-20-16-12-8-2)47-67-61(57-45-43-55(71-57)52-37-35-49(5)36-38-52)59-60(64(67)70)62(58-46-44-56(72-58)53-39-41-54(42-40-53)66-65-6)68(63(59)69)48-51(33-29-25-21-17-13-9-3)34-30-26-22-18-14-10-4/h35-46,50-51H,7-34,47-48H2,1-6H3/b66-65+. The van der Waals surface area contributed by atoms with Crippen molar-refractivity contribution in [2.24, 2.45) is 22.1 Å². The van der Waals surface area contributed by atoms with E-state index in [1.807, 2.05) is 12.1 Å². The van der Waals surface area contributed by atoms with E-state index in [1.165, 1.54) is 165 Å². The highest BCUT2D eigenvalue weighted by Gasteiger charge is 2.50. The van der Waals surface area contributed by atoms with Crippen LogP contribution in [0.3, 0.4) is 0 Å². The Balaban J connectivity index is 1.43. The van der Waals surface area contributed by atoms with Crippen LogP contribution in [0.1, 0.15) is 223 Å². The summed E-state index contributed by atoms with van der Waals surface area (Å²) in [5, 5.41) is 8.24. The van der Waals surface area contributed by atoms with Crippen molar-refractivity contribution in [3.05, 3.63) is 99.3 Å². The zero-order chi connectivity index (χ0) is 50.9. The second-order valence-corrected chi connectivity index (χ2v) is 23.4. The fourth-order valence-electron chi connectivity index (χ4n) is 11.0. The highest BCUT2D eigenvalue weighted by molar-refractivity contribution is 7.17. The Morgan fingerprint density at radius 3 is 1.08 bits per heavy atom. The van der Waals surface area contributed by atoms with Gasteiger partial charge in [-0.2, -0.15) is 10.2 Å². The zero-order valence-electron chi connectivity index (χ0n) is 45.7. The third-order valence-electron chi connectivity index (χ3n) is 15.3. The quantitative estimate of drug-likeness (QED) is 0.0334. The number of benzene rings is 2. The maximum Gasteiger partial charge on any atom is 0.261 e. The Kier molecular flexibility index (Phi) is 25.0. The molecule has 0 saturated carbocycles. The smallest absolute Gasteiger partial charge is 0.261 e. The summed E-state index contributed by atoms with van der Waals surface area (Å²) in [4.78, 5) is 40.2. The van der Waals surface area contributed by atoms with E-state index in [0.29, 0.717) is 36.1 Å². The van der Waals surface area contributed by atoms with Crippen molar-refractivity contribution >= 4 is 51.6 Å². The predicted molar refractivity (Wildman–Crippen MR) is 311 cm³/mol. The number of thiophene rings is 2. The minimum atomic E-state index is 0.0136. The molecule has 6 rings (SSSR count). The minimum Gasteiger partial charge on any atom is -0.306 e. The second-order valence-electron chi connectivity index (χ2n) is 21.3. The lowest BCUT2D eigenvalue weighted by molar-refractivity contribution is -0.124. The molecule has 4 heterocycles. The van der Waals surface area contributed by atoms with Crippen molar-refractivity contribution in [1.29, 1.82) is 0 Å². The number of aryl methyl sites for hydroxylation is 1. The molecule has 2 aliphatic heterocycles. The van der Waals surface area contributed by atoms with Gasteiger partial charge in [-0.05, 0) is 92.0 Å². The molecule has 0 unspecified atom stereocenters. The molecule has 72 heavy (non-hydrogen) atoms. The van der Waals surface area contributed by atoms with Gasteiger partial charge < -0.3 is 9.80 Å². The van der Waals surface area contributed by atoms with Crippen LogP contribution in [-0.2, 0) is 9.59 Å². The van der Waals surface area contributed by atoms with Gasteiger partial charge in [-0.3, -0.25) is 9.59 Å². The van der Waals surface area contributed by atoms with Crippen molar-refractivity contribution in [3.63, 3.8) is 0 Å². The zero-order valence-corrected chi connectivity index (χ0v) is 47.4. The first-order valence-corrected chi connectivity index (χ1v) is 30.7. The molecular weight excluding hydrogens is 921 g/mol. The lowest BCUT2D eigenvalue weighted by Crippen LogP contribution is -2.34. The molecule has 0 spiro atoms. The normalized spacial score (nSPS) is 14.1. The Morgan fingerprint density at radius 2 is 0.736 bits per heavy atom. The Morgan fingerprint density at radius 1 is 0.417 bits per heavy atom. The van der Waals surface area contributed by atoms with Gasteiger partial charge in [0.05, 0.1) is 38.0 Å². The van der Waals surface area contributed by atoms with E-state index in [-0.39, 0.29) is 11.8 Å². The number of azo groups is 1. The fourth-order valence-corrected chi connectivity index (χ4v) is 13.2. The number of hydrogen-bond acceptors (Lipinski definition) is 6. The van der Waals surface area contributed by atoms with Gasteiger partial charge in [-0.15, -0.1) is 22.7 Å². The van der Waals surface area contributed by atoms with Crippen molar-refractivity contribution in [2.75, 3.05) is 20.1 Å². The largest absolute Gasteiger partial charge is 0.306 e. The molecule has 0 aliphatic carbocycles. The third kappa shape index (κ3) is 16.7. The number of nitrogens with zero attached hydrogens (tertiary/aromatic N) is 4. The molecule has 392 valence electrons. The number of fused-ring (bicyclic) bond motifs is 1. The molecule has 0 radical (unpaired) electrons. The lowest BCUT2D eigenvalue weighted by atomic mass is 9.93. The minimum absolute atomic E-state index is 0.0136. The molecule has 4 aromatic rings. The van der Waals surface area contributed by atoms with Crippen LogP contribution < -0.4 is 0 Å². The number of amides is 2. The van der Waals surface area contributed by atoms with Crippen LogP contribution in [0.15, 0.2) is 94.2 Å². The van der Waals surface area contributed by atoms with Gasteiger partial charge >= 0.3 is 0 Å². The molecule has 2 aromatic carbocycles. The third-order valence-corrected chi connectivity index (χ3v) is 17.6. The Bertz CT molecular complexity index is 2280. The molecule has 0 N–H and O–H groups in total. The van der Waals surface area contributed by atoms with Gasteiger partial charge in [0.2, 0.25) is 0 Å². The number of carbonyl (C=O) groups excluding carboxylic acids is 2. The van der Waals surface area contributed by atoms with E-state index < -0.39 is 0 Å². The van der Waals surface area contributed by atoms with Crippen LogP contribution in [0, 0.1) is 18.8 Å². The molecule has 0 saturated heterocycles.